The molecule has 2 unspecified atom stereocenters. The molecule has 1 aliphatic heterocycles. The minimum Gasteiger partial charge on any atom is -0.320 e. The maximum atomic E-state index is 14.2. The zero-order chi connectivity index (χ0) is 14.5. The summed E-state index contributed by atoms with van der Waals surface area (Å²) in [7, 11) is 1.99. The van der Waals surface area contributed by atoms with E-state index in [4.69, 9.17) is 0 Å². The average Bonchev–Trinajstić information content (AvgIpc) is 2.45. The number of hydrogen-bond acceptors (Lipinski definition) is 2. The van der Waals surface area contributed by atoms with Crippen molar-refractivity contribution in [3.05, 3.63) is 34.1 Å². The van der Waals surface area contributed by atoms with Gasteiger partial charge in [-0.05, 0) is 58.5 Å². The standard InChI is InChI=1S/C16H24BrFN2/c1-12(15-7-6-13(17)11-16(15)18)20-10-4-3-5-14(20)8-9-19-2/h6-7,11-12,14,19H,3-5,8-10H2,1-2H3. The Bertz CT molecular complexity index is 438. The van der Waals surface area contributed by atoms with Crippen molar-refractivity contribution in [1.29, 1.82) is 0 Å². The van der Waals surface area contributed by atoms with Crippen LogP contribution in [0.1, 0.15) is 44.2 Å². The van der Waals surface area contributed by atoms with E-state index < -0.39 is 0 Å². The fourth-order valence-corrected chi connectivity index (χ4v) is 3.51. The summed E-state index contributed by atoms with van der Waals surface area (Å²) in [6.45, 7) is 4.23. The van der Waals surface area contributed by atoms with Gasteiger partial charge in [0.15, 0.2) is 0 Å². The molecule has 0 bridgehead atoms. The van der Waals surface area contributed by atoms with E-state index in [2.05, 4.69) is 33.1 Å². The van der Waals surface area contributed by atoms with E-state index in [1.807, 2.05) is 19.2 Å². The first kappa shape index (κ1) is 15.9. The lowest BCUT2D eigenvalue weighted by Gasteiger charge is -2.40. The van der Waals surface area contributed by atoms with Crippen LogP contribution < -0.4 is 5.32 Å². The molecule has 4 heteroatoms. The highest BCUT2D eigenvalue weighted by Crippen LogP contribution is 2.31. The van der Waals surface area contributed by atoms with Crippen molar-refractivity contribution in [3.8, 4) is 0 Å². The van der Waals surface area contributed by atoms with Crippen LogP contribution in [0.4, 0.5) is 4.39 Å². The maximum absolute atomic E-state index is 14.2. The molecule has 0 aromatic heterocycles. The second kappa shape index (κ2) is 7.53. The fraction of sp³-hybridized carbons (Fsp3) is 0.625. The van der Waals surface area contributed by atoms with Crippen molar-refractivity contribution in [3.63, 3.8) is 0 Å². The van der Waals surface area contributed by atoms with Gasteiger partial charge in [-0.1, -0.05) is 28.4 Å². The molecular weight excluding hydrogens is 319 g/mol. The highest BCUT2D eigenvalue weighted by Gasteiger charge is 2.28. The normalized spacial score (nSPS) is 21.9. The predicted molar refractivity (Wildman–Crippen MR) is 85.4 cm³/mol. The maximum Gasteiger partial charge on any atom is 0.129 e. The Labute approximate surface area is 129 Å². The van der Waals surface area contributed by atoms with Gasteiger partial charge in [0.2, 0.25) is 0 Å². The molecule has 1 aromatic carbocycles. The fourth-order valence-electron chi connectivity index (χ4n) is 3.17. The molecule has 1 aliphatic rings. The van der Waals surface area contributed by atoms with Crippen LogP contribution in [-0.4, -0.2) is 31.1 Å². The Hall–Kier alpha value is -0.450. The Morgan fingerprint density at radius 3 is 2.95 bits per heavy atom. The number of rotatable bonds is 5. The second-order valence-electron chi connectivity index (χ2n) is 5.62. The molecule has 2 nitrogen and oxygen atoms in total. The van der Waals surface area contributed by atoms with Crippen molar-refractivity contribution >= 4 is 15.9 Å². The van der Waals surface area contributed by atoms with Crippen molar-refractivity contribution in [1.82, 2.24) is 10.2 Å². The van der Waals surface area contributed by atoms with E-state index in [0.29, 0.717) is 6.04 Å². The van der Waals surface area contributed by atoms with Gasteiger partial charge in [-0.25, -0.2) is 4.39 Å². The number of benzene rings is 1. The van der Waals surface area contributed by atoms with Crippen LogP contribution in [0.2, 0.25) is 0 Å². The predicted octanol–water partition coefficient (Wildman–Crippen LogP) is 4.11. The Morgan fingerprint density at radius 2 is 2.25 bits per heavy atom. The quantitative estimate of drug-likeness (QED) is 0.865. The van der Waals surface area contributed by atoms with Crippen molar-refractivity contribution in [2.75, 3.05) is 20.1 Å². The first-order valence-corrected chi connectivity index (χ1v) is 8.28. The highest BCUT2D eigenvalue weighted by molar-refractivity contribution is 9.10. The lowest BCUT2D eigenvalue weighted by Crippen LogP contribution is -2.42. The van der Waals surface area contributed by atoms with E-state index in [-0.39, 0.29) is 11.9 Å². The molecule has 1 N–H and O–H groups in total. The van der Waals surface area contributed by atoms with Crippen LogP contribution in [0.15, 0.2) is 22.7 Å². The van der Waals surface area contributed by atoms with Crippen LogP contribution in [0.5, 0.6) is 0 Å². The van der Waals surface area contributed by atoms with E-state index in [1.54, 1.807) is 6.07 Å². The number of likely N-dealkylation sites (tertiary alicyclic amines) is 1. The van der Waals surface area contributed by atoms with E-state index >= 15 is 0 Å². The van der Waals surface area contributed by atoms with Gasteiger partial charge in [0.1, 0.15) is 5.82 Å². The molecule has 1 fully saturated rings. The number of nitrogens with one attached hydrogen (secondary N) is 1. The summed E-state index contributed by atoms with van der Waals surface area (Å²) in [6, 6.07) is 6.12. The van der Waals surface area contributed by atoms with Crippen LogP contribution in [0.3, 0.4) is 0 Å². The summed E-state index contributed by atoms with van der Waals surface area (Å²) >= 11 is 3.33. The number of nitrogens with zero attached hydrogens (tertiary/aromatic N) is 1. The molecule has 2 rings (SSSR count). The molecule has 0 saturated carbocycles. The van der Waals surface area contributed by atoms with Gasteiger partial charge in [-0.3, -0.25) is 4.90 Å². The molecule has 20 heavy (non-hydrogen) atoms. The summed E-state index contributed by atoms with van der Waals surface area (Å²) in [5.74, 6) is -0.107. The summed E-state index contributed by atoms with van der Waals surface area (Å²) in [4.78, 5) is 2.48. The lowest BCUT2D eigenvalue weighted by atomic mass is 9.95. The van der Waals surface area contributed by atoms with Crippen molar-refractivity contribution in [2.45, 2.75) is 44.7 Å². The molecule has 1 aromatic rings. The minimum absolute atomic E-state index is 0.107. The van der Waals surface area contributed by atoms with Gasteiger partial charge in [0.05, 0.1) is 0 Å². The Morgan fingerprint density at radius 1 is 1.45 bits per heavy atom. The molecule has 0 spiro atoms. The SMILES string of the molecule is CNCCC1CCCCN1C(C)c1ccc(Br)cc1F. The van der Waals surface area contributed by atoms with E-state index in [1.165, 1.54) is 19.3 Å². The largest absolute Gasteiger partial charge is 0.320 e. The number of piperidine rings is 1. The molecular formula is C16H24BrFN2. The first-order valence-electron chi connectivity index (χ1n) is 7.48. The van der Waals surface area contributed by atoms with E-state index in [9.17, 15) is 4.39 Å². The molecule has 0 aliphatic carbocycles. The van der Waals surface area contributed by atoms with Gasteiger partial charge in [-0.15, -0.1) is 0 Å². The summed E-state index contributed by atoms with van der Waals surface area (Å²) < 4.78 is 15.0. The third kappa shape index (κ3) is 3.80. The van der Waals surface area contributed by atoms with Crippen molar-refractivity contribution in [2.24, 2.45) is 0 Å². The van der Waals surface area contributed by atoms with Crippen LogP contribution in [0, 0.1) is 5.82 Å². The third-order valence-electron chi connectivity index (χ3n) is 4.31. The van der Waals surface area contributed by atoms with Crippen molar-refractivity contribution < 1.29 is 4.39 Å². The second-order valence-corrected chi connectivity index (χ2v) is 6.54. The van der Waals surface area contributed by atoms with Crippen LogP contribution >= 0.6 is 15.9 Å². The summed E-state index contributed by atoms with van der Waals surface area (Å²) in [5, 5.41) is 3.23. The smallest absolute Gasteiger partial charge is 0.129 e. The van der Waals surface area contributed by atoms with Crippen LogP contribution in [0.25, 0.3) is 0 Å². The summed E-state index contributed by atoms with van der Waals surface area (Å²) in [6.07, 6.45) is 4.88. The average molecular weight is 343 g/mol. The van der Waals surface area contributed by atoms with Gasteiger partial charge >= 0.3 is 0 Å². The molecule has 1 saturated heterocycles. The minimum atomic E-state index is -0.107. The number of hydrogen-bond donors (Lipinski definition) is 1. The van der Waals surface area contributed by atoms with Gasteiger partial charge in [0, 0.05) is 22.1 Å². The molecule has 2 atom stereocenters. The third-order valence-corrected chi connectivity index (χ3v) is 4.80. The molecule has 1 heterocycles. The Kier molecular flexibility index (Phi) is 6.00. The highest BCUT2D eigenvalue weighted by atomic mass is 79.9. The molecule has 112 valence electrons. The van der Waals surface area contributed by atoms with Gasteiger partial charge < -0.3 is 5.32 Å². The topological polar surface area (TPSA) is 15.3 Å². The van der Waals surface area contributed by atoms with E-state index in [0.717, 1.165) is 29.5 Å². The molecule has 0 amide bonds. The Balaban J connectivity index is 2.13. The van der Waals surface area contributed by atoms with Gasteiger partial charge in [-0.2, -0.15) is 0 Å². The summed E-state index contributed by atoms with van der Waals surface area (Å²) in [5.41, 5.74) is 0.810. The lowest BCUT2D eigenvalue weighted by molar-refractivity contribution is 0.0953. The zero-order valence-corrected chi connectivity index (χ0v) is 13.9. The van der Waals surface area contributed by atoms with Crippen LogP contribution in [-0.2, 0) is 0 Å². The number of halogens is 2. The zero-order valence-electron chi connectivity index (χ0n) is 12.3. The van der Waals surface area contributed by atoms with Gasteiger partial charge in [0.25, 0.3) is 0 Å². The first-order chi connectivity index (χ1) is 9.63. The molecule has 0 radical (unpaired) electrons. The monoisotopic (exact) mass is 342 g/mol.